The first-order valence-electron chi connectivity index (χ1n) is 10.3. The highest BCUT2D eigenvalue weighted by molar-refractivity contribution is 6.08. The van der Waals surface area contributed by atoms with Crippen molar-refractivity contribution < 1.29 is 0 Å². The molecule has 2 aliphatic rings. The highest BCUT2D eigenvalue weighted by atomic mass is 28.1. The van der Waals surface area contributed by atoms with Crippen molar-refractivity contribution in [2.45, 2.75) is 83.1 Å². The Bertz CT molecular complexity index is 447. The van der Waals surface area contributed by atoms with Crippen LogP contribution in [0.15, 0.2) is 24.3 Å². The zero-order chi connectivity index (χ0) is 16.1. The van der Waals surface area contributed by atoms with Gasteiger partial charge in [-0.15, -0.1) is 0 Å². The van der Waals surface area contributed by atoms with Crippen LogP contribution in [0.1, 0.15) is 81.3 Å². The average molecular weight is 329 g/mol. The Labute approximate surface area is 146 Å². The minimum Gasteiger partial charge on any atom is -0.0631 e. The van der Waals surface area contributed by atoms with Crippen LogP contribution in [-0.2, 0) is 0 Å². The summed E-state index contributed by atoms with van der Waals surface area (Å²) in [6.45, 7) is 2.19. The van der Waals surface area contributed by atoms with E-state index in [1.807, 2.05) is 0 Å². The van der Waals surface area contributed by atoms with Crippen LogP contribution >= 0.6 is 0 Å². The fourth-order valence-electron chi connectivity index (χ4n) is 5.02. The summed E-state index contributed by atoms with van der Waals surface area (Å²) in [6, 6.07) is 10.9. The van der Waals surface area contributed by atoms with Gasteiger partial charge in [-0.3, -0.25) is 0 Å². The van der Waals surface area contributed by atoms with Crippen LogP contribution in [0, 0.1) is 24.7 Å². The molecular formula is C22H36Si. The Hall–Kier alpha value is -0.563. The van der Waals surface area contributed by atoms with Crippen LogP contribution in [0.3, 0.4) is 0 Å². The van der Waals surface area contributed by atoms with E-state index in [0.29, 0.717) is 0 Å². The predicted molar refractivity (Wildman–Crippen MR) is 105 cm³/mol. The molecule has 23 heavy (non-hydrogen) atoms. The monoisotopic (exact) mass is 328 g/mol. The molecule has 0 saturated heterocycles. The predicted octanol–water partition coefficient (Wildman–Crippen LogP) is 5.64. The molecule has 0 heterocycles. The number of hydrogen-bond acceptors (Lipinski definition) is 0. The van der Waals surface area contributed by atoms with Gasteiger partial charge in [-0.25, -0.2) is 0 Å². The van der Waals surface area contributed by atoms with Crippen molar-refractivity contribution in [2.75, 3.05) is 0 Å². The van der Waals surface area contributed by atoms with E-state index in [-0.39, 0.29) is 0 Å². The van der Waals surface area contributed by atoms with Gasteiger partial charge in [-0.2, -0.15) is 0 Å². The fraction of sp³-hybridized carbons (Fsp3) is 0.727. The van der Waals surface area contributed by atoms with Gasteiger partial charge in [0.25, 0.3) is 0 Å². The van der Waals surface area contributed by atoms with Crippen LogP contribution in [0.4, 0.5) is 0 Å². The Kier molecular flexibility index (Phi) is 6.39. The van der Waals surface area contributed by atoms with E-state index in [9.17, 15) is 0 Å². The Morgan fingerprint density at radius 2 is 1.22 bits per heavy atom. The van der Waals surface area contributed by atoms with E-state index in [1.54, 1.807) is 37.3 Å². The molecule has 0 nitrogen and oxygen atoms in total. The Morgan fingerprint density at radius 3 is 1.74 bits per heavy atom. The lowest BCUT2D eigenvalue weighted by molar-refractivity contribution is 0.238. The van der Waals surface area contributed by atoms with Crippen LogP contribution in [0.2, 0.25) is 6.04 Å². The first-order valence-corrected chi connectivity index (χ1v) is 11.7. The van der Waals surface area contributed by atoms with Gasteiger partial charge in [0.05, 0.1) is 0 Å². The minimum absolute atomic E-state index is 0.844. The molecule has 0 unspecified atom stereocenters. The Morgan fingerprint density at radius 1 is 0.739 bits per heavy atom. The van der Waals surface area contributed by atoms with E-state index in [1.165, 1.54) is 54.3 Å². The standard InChI is InChI=1S/C22H36Si/c1-17-2-12-21(13-3-17)22-14-10-19(11-15-22)5-4-18-6-8-20(16-23)9-7-18/h2-3,12-13,18-20,22H,4-11,14-16H2,1,23H3. The van der Waals surface area contributed by atoms with Gasteiger partial charge < -0.3 is 0 Å². The molecule has 2 saturated carbocycles. The van der Waals surface area contributed by atoms with E-state index >= 15 is 0 Å². The molecule has 0 radical (unpaired) electrons. The van der Waals surface area contributed by atoms with Gasteiger partial charge in [0, 0.05) is 10.2 Å². The van der Waals surface area contributed by atoms with E-state index < -0.39 is 0 Å². The lowest BCUT2D eigenvalue weighted by Crippen LogP contribution is -2.17. The molecule has 1 aromatic carbocycles. The molecule has 0 bridgehead atoms. The third kappa shape index (κ3) is 4.95. The summed E-state index contributed by atoms with van der Waals surface area (Å²) in [4.78, 5) is 0. The van der Waals surface area contributed by atoms with Crippen molar-refractivity contribution in [3.05, 3.63) is 35.4 Å². The topological polar surface area (TPSA) is 0 Å². The van der Waals surface area contributed by atoms with E-state index in [4.69, 9.17) is 0 Å². The average Bonchev–Trinajstić information content (AvgIpc) is 2.61. The quantitative estimate of drug-likeness (QED) is 0.614. The van der Waals surface area contributed by atoms with Crippen LogP contribution < -0.4 is 0 Å². The molecule has 0 atom stereocenters. The second-order valence-corrected chi connectivity index (χ2v) is 9.32. The molecule has 0 amide bonds. The second kappa shape index (κ2) is 8.51. The molecule has 2 fully saturated rings. The second-order valence-electron chi connectivity index (χ2n) is 8.50. The molecule has 3 rings (SSSR count). The number of benzene rings is 1. The molecule has 0 spiro atoms. The Balaban J connectivity index is 1.37. The molecule has 128 valence electrons. The van der Waals surface area contributed by atoms with Gasteiger partial charge in [-0.05, 0) is 61.8 Å². The van der Waals surface area contributed by atoms with Crippen molar-refractivity contribution in [3.63, 3.8) is 0 Å². The molecule has 1 heteroatoms. The van der Waals surface area contributed by atoms with Crippen molar-refractivity contribution in [1.29, 1.82) is 0 Å². The summed E-state index contributed by atoms with van der Waals surface area (Å²) in [5.41, 5.74) is 2.98. The van der Waals surface area contributed by atoms with Crippen LogP contribution in [0.25, 0.3) is 0 Å². The number of rotatable bonds is 5. The highest BCUT2D eigenvalue weighted by Crippen LogP contribution is 2.40. The third-order valence-corrected chi connectivity index (χ3v) is 8.08. The van der Waals surface area contributed by atoms with Gasteiger partial charge in [0.15, 0.2) is 0 Å². The zero-order valence-corrected chi connectivity index (χ0v) is 17.4. The normalized spacial score (nSPS) is 32.0. The summed E-state index contributed by atoms with van der Waals surface area (Å²) in [5, 5.41) is 0. The summed E-state index contributed by atoms with van der Waals surface area (Å²) >= 11 is 0. The van der Waals surface area contributed by atoms with Gasteiger partial charge in [-0.1, -0.05) is 74.4 Å². The van der Waals surface area contributed by atoms with Crippen molar-refractivity contribution in [1.82, 2.24) is 0 Å². The number of hydrogen-bond donors (Lipinski definition) is 0. The van der Waals surface area contributed by atoms with Gasteiger partial charge >= 0.3 is 0 Å². The maximum atomic E-state index is 2.37. The van der Waals surface area contributed by atoms with Crippen LogP contribution in [0.5, 0.6) is 0 Å². The largest absolute Gasteiger partial charge is 0.0631 e. The lowest BCUT2D eigenvalue weighted by Gasteiger charge is -2.32. The zero-order valence-electron chi connectivity index (χ0n) is 15.4. The molecule has 0 aliphatic heterocycles. The lowest BCUT2D eigenvalue weighted by atomic mass is 9.74. The van der Waals surface area contributed by atoms with Gasteiger partial charge in [0.1, 0.15) is 0 Å². The van der Waals surface area contributed by atoms with E-state index in [0.717, 1.165) is 23.7 Å². The summed E-state index contributed by atoms with van der Waals surface area (Å²) in [6.07, 6.45) is 15.1. The van der Waals surface area contributed by atoms with Crippen molar-refractivity contribution >= 4 is 10.2 Å². The smallest absolute Gasteiger partial charge is 0.00314 e. The maximum Gasteiger partial charge on any atom is 0.00314 e. The van der Waals surface area contributed by atoms with Crippen LogP contribution in [-0.4, -0.2) is 10.2 Å². The van der Waals surface area contributed by atoms with Crippen molar-refractivity contribution in [3.8, 4) is 0 Å². The third-order valence-electron chi connectivity index (χ3n) is 6.92. The maximum absolute atomic E-state index is 2.37. The van der Waals surface area contributed by atoms with E-state index in [2.05, 4.69) is 31.2 Å². The van der Waals surface area contributed by atoms with Gasteiger partial charge in [0.2, 0.25) is 0 Å². The highest BCUT2D eigenvalue weighted by Gasteiger charge is 2.24. The first-order chi connectivity index (χ1) is 11.2. The SMILES string of the molecule is Cc1ccc(C2CCC(CCC3CCC(C[SiH3])CC3)CC2)cc1. The first kappa shape index (κ1) is 17.3. The summed E-state index contributed by atoms with van der Waals surface area (Å²) in [5.74, 6) is 4.07. The molecule has 1 aromatic rings. The fourth-order valence-corrected chi connectivity index (χ4v) is 5.84. The molecule has 0 aromatic heterocycles. The van der Waals surface area contributed by atoms with Crippen molar-refractivity contribution in [2.24, 2.45) is 17.8 Å². The number of aryl methyl sites for hydroxylation is 1. The minimum atomic E-state index is 0.844. The summed E-state index contributed by atoms with van der Waals surface area (Å²) < 4.78 is 0. The molecule has 0 N–H and O–H groups in total. The molecule has 2 aliphatic carbocycles. The summed E-state index contributed by atoms with van der Waals surface area (Å²) in [7, 11) is 1.42. The molecular weight excluding hydrogens is 292 g/mol.